The molecule has 0 saturated carbocycles. The lowest BCUT2D eigenvalue weighted by atomic mass is 10.1. The summed E-state index contributed by atoms with van der Waals surface area (Å²) in [7, 11) is 2.95. The van der Waals surface area contributed by atoms with E-state index in [-0.39, 0.29) is 24.9 Å². The highest BCUT2D eigenvalue weighted by Gasteiger charge is 2.48. The zero-order chi connectivity index (χ0) is 17.6. The first-order valence-corrected chi connectivity index (χ1v) is 8.00. The van der Waals surface area contributed by atoms with Gasteiger partial charge in [0.2, 0.25) is 0 Å². The number of fused-ring (bicyclic) bond motifs is 1. The van der Waals surface area contributed by atoms with Crippen LogP contribution in [0.4, 0.5) is 4.39 Å². The number of aromatic nitrogens is 2. The van der Waals surface area contributed by atoms with Crippen LogP contribution >= 0.6 is 0 Å². The molecule has 1 N–H and O–H groups in total. The molecule has 7 nitrogen and oxygen atoms in total. The molecule has 4 atom stereocenters. The number of methoxy groups -OCH3 is 2. The number of halogens is 1. The first kappa shape index (κ1) is 16.3. The molecule has 0 unspecified atom stereocenters. The van der Waals surface area contributed by atoms with Crippen LogP contribution in [0.1, 0.15) is 6.04 Å². The summed E-state index contributed by atoms with van der Waals surface area (Å²) in [5, 5.41) is 9.91. The maximum atomic E-state index is 14.6. The average Bonchev–Trinajstić information content (AvgIpc) is 3.32. The van der Waals surface area contributed by atoms with E-state index in [1.807, 2.05) is 4.57 Å². The van der Waals surface area contributed by atoms with Crippen molar-refractivity contribution < 1.29 is 28.4 Å². The van der Waals surface area contributed by atoms with Crippen molar-refractivity contribution in [3.63, 3.8) is 0 Å². The Bertz CT molecular complexity index is 780. The molecule has 3 heterocycles. The second kappa shape index (κ2) is 6.29. The van der Waals surface area contributed by atoms with Gasteiger partial charge in [-0.3, -0.25) is 0 Å². The van der Waals surface area contributed by atoms with Crippen LogP contribution in [0.25, 0.3) is 11.4 Å². The molecule has 1 aromatic heterocycles. The topological polar surface area (TPSA) is 75.0 Å². The van der Waals surface area contributed by atoms with Gasteiger partial charge in [-0.25, -0.2) is 9.37 Å². The van der Waals surface area contributed by atoms with Crippen LogP contribution in [-0.4, -0.2) is 60.4 Å². The van der Waals surface area contributed by atoms with Gasteiger partial charge >= 0.3 is 0 Å². The van der Waals surface area contributed by atoms with Gasteiger partial charge < -0.3 is 28.6 Å². The van der Waals surface area contributed by atoms with Gasteiger partial charge in [0.1, 0.15) is 30.0 Å². The highest BCUT2D eigenvalue weighted by atomic mass is 19.1. The minimum Gasteiger partial charge on any atom is -0.493 e. The first-order chi connectivity index (χ1) is 12.1. The summed E-state index contributed by atoms with van der Waals surface area (Å²) in [5.41, 5.74) is 0.296. The van der Waals surface area contributed by atoms with Gasteiger partial charge in [0.25, 0.3) is 0 Å². The lowest BCUT2D eigenvalue weighted by Crippen LogP contribution is -2.30. The number of imidazole rings is 1. The maximum absolute atomic E-state index is 14.6. The predicted molar refractivity (Wildman–Crippen MR) is 85.2 cm³/mol. The van der Waals surface area contributed by atoms with Crippen molar-refractivity contribution in [1.82, 2.24) is 9.55 Å². The number of nitrogens with zero attached hydrogens (tertiary/aromatic N) is 2. The van der Waals surface area contributed by atoms with Crippen LogP contribution in [0.2, 0.25) is 0 Å². The standard InChI is InChI=1S/C17H19FN2O5/c1-22-13-5-9(10(18)6-14(13)23-2)17-19-3-4-20(17)11-7-24-16-12(21)8-25-15(11)16/h3-6,11-12,15-16,21H,7-8H2,1-2H3/t11-,12+,15+,16+/m0/s1. The summed E-state index contributed by atoms with van der Waals surface area (Å²) in [5.74, 6) is 0.709. The van der Waals surface area contributed by atoms with Gasteiger partial charge in [-0.15, -0.1) is 0 Å². The van der Waals surface area contributed by atoms with Crippen molar-refractivity contribution in [1.29, 1.82) is 0 Å². The molecule has 0 bridgehead atoms. The quantitative estimate of drug-likeness (QED) is 0.899. The van der Waals surface area contributed by atoms with Crippen molar-refractivity contribution in [3.8, 4) is 22.9 Å². The Morgan fingerprint density at radius 1 is 1.16 bits per heavy atom. The molecule has 2 aliphatic rings. The fraction of sp³-hybridized carbons (Fsp3) is 0.471. The van der Waals surface area contributed by atoms with Crippen molar-refractivity contribution in [2.45, 2.75) is 24.4 Å². The zero-order valence-electron chi connectivity index (χ0n) is 13.9. The fourth-order valence-electron chi connectivity index (χ4n) is 3.51. The number of aliphatic hydroxyl groups is 1. The highest BCUT2D eigenvalue weighted by molar-refractivity contribution is 5.62. The molecule has 2 fully saturated rings. The summed E-state index contributed by atoms with van der Waals surface area (Å²) >= 11 is 0. The Labute approximate surface area is 143 Å². The summed E-state index contributed by atoms with van der Waals surface area (Å²) in [4.78, 5) is 4.31. The second-order valence-electron chi connectivity index (χ2n) is 6.08. The van der Waals surface area contributed by atoms with E-state index < -0.39 is 11.9 Å². The van der Waals surface area contributed by atoms with Crippen LogP contribution in [0, 0.1) is 5.82 Å². The van der Waals surface area contributed by atoms with Crippen molar-refractivity contribution in [2.75, 3.05) is 27.4 Å². The molecule has 134 valence electrons. The number of rotatable bonds is 4. The molecule has 0 radical (unpaired) electrons. The summed E-state index contributed by atoms with van der Waals surface area (Å²) in [6.45, 7) is 0.602. The Balaban J connectivity index is 1.73. The molecule has 0 spiro atoms. The molecule has 1 aromatic carbocycles. The molecule has 4 rings (SSSR count). The molecule has 8 heteroatoms. The fourth-order valence-corrected chi connectivity index (χ4v) is 3.51. The van der Waals surface area contributed by atoms with Gasteiger partial charge in [-0.05, 0) is 6.07 Å². The second-order valence-corrected chi connectivity index (χ2v) is 6.08. The highest BCUT2D eigenvalue weighted by Crippen LogP contribution is 2.39. The third-order valence-corrected chi connectivity index (χ3v) is 4.74. The van der Waals surface area contributed by atoms with Gasteiger partial charge in [0, 0.05) is 18.5 Å². The van der Waals surface area contributed by atoms with E-state index in [0.717, 1.165) is 0 Å². The molecular formula is C17H19FN2O5. The largest absolute Gasteiger partial charge is 0.493 e. The van der Waals surface area contributed by atoms with Gasteiger partial charge in [0.05, 0.1) is 39.0 Å². The Hall–Kier alpha value is -2.16. The summed E-state index contributed by atoms with van der Waals surface area (Å²) < 4.78 is 38.2. The minimum absolute atomic E-state index is 0.188. The summed E-state index contributed by atoms with van der Waals surface area (Å²) in [6.07, 6.45) is 2.07. The number of aliphatic hydroxyl groups excluding tert-OH is 1. The van der Waals surface area contributed by atoms with E-state index in [4.69, 9.17) is 18.9 Å². The van der Waals surface area contributed by atoms with Crippen LogP contribution in [0.3, 0.4) is 0 Å². The van der Waals surface area contributed by atoms with Crippen molar-refractivity contribution in [3.05, 3.63) is 30.3 Å². The smallest absolute Gasteiger partial charge is 0.163 e. The first-order valence-electron chi connectivity index (χ1n) is 8.00. The normalized spacial score (nSPS) is 28.2. The number of benzene rings is 1. The Morgan fingerprint density at radius 3 is 2.64 bits per heavy atom. The van der Waals surface area contributed by atoms with Crippen LogP contribution in [-0.2, 0) is 9.47 Å². The van der Waals surface area contributed by atoms with Gasteiger partial charge in [-0.2, -0.15) is 0 Å². The number of hydrogen-bond acceptors (Lipinski definition) is 6. The monoisotopic (exact) mass is 350 g/mol. The number of ether oxygens (including phenoxy) is 4. The maximum Gasteiger partial charge on any atom is 0.163 e. The summed E-state index contributed by atoms with van der Waals surface area (Å²) in [6, 6.07) is 2.65. The third kappa shape index (κ3) is 2.57. The van der Waals surface area contributed by atoms with Crippen LogP contribution < -0.4 is 9.47 Å². The van der Waals surface area contributed by atoms with E-state index in [2.05, 4.69) is 4.98 Å². The molecular weight excluding hydrogens is 331 g/mol. The number of hydrogen-bond donors (Lipinski definition) is 1. The van der Waals surface area contributed by atoms with Crippen LogP contribution in [0.5, 0.6) is 11.5 Å². The zero-order valence-corrected chi connectivity index (χ0v) is 13.9. The molecule has 2 aliphatic heterocycles. The van der Waals surface area contributed by atoms with E-state index >= 15 is 0 Å². The van der Waals surface area contributed by atoms with E-state index in [0.29, 0.717) is 29.5 Å². The lowest BCUT2D eigenvalue weighted by molar-refractivity contribution is 0.0172. The van der Waals surface area contributed by atoms with Gasteiger partial charge in [0.15, 0.2) is 11.5 Å². The minimum atomic E-state index is -0.639. The molecule has 2 aromatic rings. The third-order valence-electron chi connectivity index (χ3n) is 4.74. The molecule has 25 heavy (non-hydrogen) atoms. The molecule has 2 saturated heterocycles. The van der Waals surface area contributed by atoms with Crippen LogP contribution in [0.15, 0.2) is 24.5 Å². The van der Waals surface area contributed by atoms with Crippen molar-refractivity contribution in [2.24, 2.45) is 0 Å². The average molecular weight is 350 g/mol. The predicted octanol–water partition coefficient (Wildman–Crippen LogP) is 1.41. The SMILES string of the molecule is COc1cc(F)c(-c2nccn2[C@H]2CO[C@H]3[C@@H]2OC[C@H]3O)cc1OC. The van der Waals surface area contributed by atoms with E-state index in [1.54, 1.807) is 18.5 Å². The molecule has 0 amide bonds. The van der Waals surface area contributed by atoms with Crippen molar-refractivity contribution >= 4 is 0 Å². The van der Waals surface area contributed by atoms with Gasteiger partial charge in [-0.1, -0.05) is 0 Å². The Morgan fingerprint density at radius 2 is 1.88 bits per heavy atom. The Kier molecular flexibility index (Phi) is 4.10. The lowest BCUT2D eigenvalue weighted by Gasteiger charge is -2.20. The van der Waals surface area contributed by atoms with E-state index in [1.165, 1.54) is 20.3 Å². The molecule has 0 aliphatic carbocycles. The van der Waals surface area contributed by atoms with E-state index in [9.17, 15) is 9.50 Å².